The highest BCUT2D eigenvalue weighted by molar-refractivity contribution is 9.10. The Labute approximate surface area is 126 Å². The van der Waals surface area contributed by atoms with Crippen LogP contribution in [0.2, 0.25) is 0 Å². The molecule has 2 aromatic rings. The molecule has 1 heterocycles. The molecule has 0 spiro atoms. The lowest BCUT2D eigenvalue weighted by Crippen LogP contribution is -2.25. The Bertz CT molecular complexity index is 524. The molecular weight excluding hydrogens is 322 g/mol. The summed E-state index contributed by atoms with van der Waals surface area (Å²) in [4.78, 5) is 1.22. The van der Waals surface area contributed by atoms with Gasteiger partial charge in [-0.15, -0.1) is 11.8 Å². The standard InChI is InChI=1S/C14H18BrN3S/c1-3-13(16)14(10-8-17-18(2)9-10)19-12-6-4-11(15)5-7-12/h4-9,13-14H,3,16H2,1-2H3. The molecule has 1 aromatic carbocycles. The first-order chi connectivity index (χ1) is 9.10. The van der Waals surface area contributed by atoms with E-state index in [4.69, 9.17) is 5.73 Å². The monoisotopic (exact) mass is 339 g/mol. The van der Waals surface area contributed by atoms with Crippen LogP contribution >= 0.6 is 27.7 Å². The second-order valence-corrected chi connectivity index (χ2v) is 6.64. The molecule has 0 saturated carbocycles. The molecule has 5 heteroatoms. The van der Waals surface area contributed by atoms with Gasteiger partial charge >= 0.3 is 0 Å². The van der Waals surface area contributed by atoms with Gasteiger partial charge in [-0.05, 0) is 30.7 Å². The fourth-order valence-corrected chi connectivity index (χ4v) is 3.34. The van der Waals surface area contributed by atoms with Crippen molar-refractivity contribution in [2.45, 2.75) is 29.5 Å². The lowest BCUT2D eigenvalue weighted by Gasteiger charge is -2.21. The molecule has 0 bridgehead atoms. The van der Waals surface area contributed by atoms with Crippen molar-refractivity contribution >= 4 is 27.7 Å². The van der Waals surface area contributed by atoms with Gasteiger partial charge in [0.15, 0.2) is 0 Å². The topological polar surface area (TPSA) is 43.8 Å². The summed E-state index contributed by atoms with van der Waals surface area (Å²) in [5, 5.41) is 4.49. The van der Waals surface area contributed by atoms with Crippen LogP contribution in [0.5, 0.6) is 0 Å². The Morgan fingerprint density at radius 1 is 1.37 bits per heavy atom. The van der Waals surface area contributed by atoms with Crippen molar-refractivity contribution < 1.29 is 0 Å². The van der Waals surface area contributed by atoms with Gasteiger partial charge in [0, 0.05) is 34.2 Å². The van der Waals surface area contributed by atoms with Crippen LogP contribution in [0.15, 0.2) is 46.0 Å². The summed E-state index contributed by atoms with van der Waals surface area (Å²) in [6.45, 7) is 2.12. The Morgan fingerprint density at radius 3 is 2.58 bits per heavy atom. The quantitative estimate of drug-likeness (QED) is 0.843. The molecule has 2 atom stereocenters. The van der Waals surface area contributed by atoms with Crippen molar-refractivity contribution in [3.63, 3.8) is 0 Å². The van der Waals surface area contributed by atoms with Gasteiger partial charge in [0.25, 0.3) is 0 Å². The highest BCUT2D eigenvalue weighted by atomic mass is 79.9. The number of hydrogen-bond donors (Lipinski definition) is 1. The van der Waals surface area contributed by atoms with Gasteiger partial charge in [0.1, 0.15) is 0 Å². The van der Waals surface area contributed by atoms with E-state index in [2.05, 4.69) is 52.2 Å². The summed E-state index contributed by atoms with van der Waals surface area (Å²) in [6, 6.07) is 8.46. The first kappa shape index (κ1) is 14.6. The molecule has 0 amide bonds. The highest BCUT2D eigenvalue weighted by Gasteiger charge is 2.21. The van der Waals surface area contributed by atoms with E-state index in [-0.39, 0.29) is 11.3 Å². The maximum absolute atomic E-state index is 6.27. The van der Waals surface area contributed by atoms with Crippen LogP contribution in [0.4, 0.5) is 0 Å². The zero-order valence-corrected chi connectivity index (χ0v) is 13.5. The van der Waals surface area contributed by atoms with Gasteiger partial charge in [0.2, 0.25) is 0 Å². The Hall–Kier alpha value is -0.780. The molecule has 19 heavy (non-hydrogen) atoms. The van der Waals surface area contributed by atoms with Crippen LogP contribution < -0.4 is 5.73 Å². The molecule has 3 nitrogen and oxygen atoms in total. The predicted molar refractivity (Wildman–Crippen MR) is 84.2 cm³/mol. The number of benzene rings is 1. The molecule has 0 aliphatic carbocycles. The van der Waals surface area contributed by atoms with E-state index in [9.17, 15) is 0 Å². The third-order valence-corrected chi connectivity index (χ3v) is 4.94. The van der Waals surface area contributed by atoms with E-state index >= 15 is 0 Å². The minimum Gasteiger partial charge on any atom is -0.326 e. The Morgan fingerprint density at radius 2 is 2.05 bits per heavy atom. The van der Waals surface area contributed by atoms with Crippen molar-refractivity contribution in [2.75, 3.05) is 0 Å². The van der Waals surface area contributed by atoms with E-state index in [1.165, 1.54) is 10.5 Å². The number of aryl methyl sites for hydroxylation is 1. The summed E-state index contributed by atoms with van der Waals surface area (Å²) >= 11 is 5.25. The van der Waals surface area contributed by atoms with Crippen LogP contribution in [-0.4, -0.2) is 15.8 Å². The fourth-order valence-electron chi connectivity index (χ4n) is 1.86. The van der Waals surface area contributed by atoms with Gasteiger partial charge < -0.3 is 5.73 Å². The van der Waals surface area contributed by atoms with Crippen molar-refractivity contribution in [1.82, 2.24) is 9.78 Å². The van der Waals surface area contributed by atoms with Gasteiger partial charge in [-0.1, -0.05) is 22.9 Å². The minimum absolute atomic E-state index is 0.123. The molecule has 0 radical (unpaired) electrons. The molecule has 0 fully saturated rings. The van der Waals surface area contributed by atoms with E-state index in [1.807, 2.05) is 24.1 Å². The summed E-state index contributed by atoms with van der Waals surface area (Å²) in [7, 11) is 1.93. The van der Waals surface area contributed by atoms with E-state index in [0.29, 0.717) is 0 Å². The SMILES string of the molecule is CCC(N)C(Sc1ccc(Br)cc1)c1cnn(C)c1. The number of rotatable bonds is 5. The van der Waals surface area contributed by atoms with Gasteiger partial charge in [-0.25, -0.2) is 0 Å². The fraction of sp³-hybridized carbons (Fsp3) is 0.357. The highest BCUT2D eigenvalue weighted by Crippen LogP contribution is 2.38. The molecule has 0 aliphatic rings. The maximum atomic E-state index is 6.27. The number of thioether (sulfide) groups is 1. The molecule has 0 aliphatic heterocycles. The molecule has 1 aromatic heterocycles. The third-order valence-electron chi connectivity index (χ3n) is 2.99. The van der Waals surface area contributed by atoms with Crippen LogP contribution in [0.1, 0.15) is 24.2 Å². The van der Waals surface area contributed by atoms with Gasteiger partial charge in [-0.3, -0.25) is 4.68 Å². The van der Waals surface area contributed by atoms with Crippen molar-refractivity contribution in [3.05, 3.63) is 46.7 Å². The maximum Gasteiger partial charge on any atom is 0.0533 e. The van der Waals surface area contributed by atoms with Gasteiger partial charge in [-0.2, -0.15) is 5.10 Å². The summed E-state index contributed by atoms with van der Waals surface area (Å²) < 4.78 is 2.92. The number of nitrogens with two attached hydrogens (primary N) is 1. The zero-order chi connectivity index (χ0) is 13.8. The number of halogens is 1. The first-order valence-electron chi connectivity index (χ1n) is 6.26. The van der Waals surface area contributed by atoms with Crippen molar-refractivity contribution in [2.24, 2.45) is 12.8 Å². The average Bonchev–Trinajstić information content (AvgIpc) is 2.83. The van der Waals surface area contributed by atoms with Crippen LogP contribution in [0.25, 0.3) is 0 Å². The van der Waals surface area contributed by atoms with E-state index in [0.717, 1.165) is 10.9 Å². The number of hydrogen-bond acceptors (Lipinski definition) is 3. The van der Waals surface area contributed by atoms with E-state index < -0.39 is 0 Å². The zero-order valence-electron chi connectivity index (χ0n) is 11.1. The second-order valence-electron chi connectivity index (χ2n) is 4.51. The first-order valence-corrected chi connectivity index (χ1v) is 7.93. The van der Waals surface area contributed by atoms with Crippen molar-refractivity contribution in [3.8, 4) is 0 Å². The number of nitrogens with zero attached hydrogens (tertiary/aromatic N) is 2. The van der Waals surface area contributed by atoms with Gasteiger partial charge in [0.05, 0.1) is 11.4 Å². The lowest BCUT2D eigenvalue weighted by molar-refractivity contribution is 0.633. The largest absolute Gasteiger partial charge is 0.326 e. The summed E-state index contributed by atoms with van der Waals surface area (Å²) in [5.74, 6) is 0. The molecule has 0 saturated heterocycles. The van der Waals surface area contributed by atoms with Crippen molar-refractivity contribution in [1.29, 1.82) is 0 Å². The van der Waals surface area contributed by atoms with E-state index in [1.54, 1.807) is 11.8 Å². The normalized spacial score (nSPS) is 14.3. The predicted octanol–water partition coefficient (Wildman–Crippen LogP) is 3.75. The minimum atomic E-state index is 0.123. The third kappa shape index (κ3) is 3.84. The Balaban J connectivity index is 2.21. The number of aromatic nitrogens is 2. The lowest BCUT2D eigenvalue weighted by atomic mass is 10.1. The summed E-state index contributed by atoms with van der Waals surface area (Å²) in [6.07, 6.45) is 4.90. The molecule has 2 N–H and O–H groups in total. The average molecular weight is 340 g/mol. The molecule has 102 valence electrons. The van der Waals surface area contributed by atoms with Crippen LogP contribution in [0, 0.1) is 0 Å². The molecular formula is C14H18BrN3S. The van der Waals surface area contributed by atoms with Crippen LogP contribution in [-0.2, 0) is 7.05 Å². The Kier molecular flexibility index (Phi) is 5.07. The molecule has 2 unspecified atom stereocenters. The second kappa shape index (κ2) is 6.59. The summed E-state index contributed by atoms with van der Waals surface area (Å²) in [5.41, 5.74) is 7.45. The smallest absolute Gasteiger partial charge is 0.0533 e. The molecule has 2 rings (SSSR count). The van der Waals surface area contributed by atoms with Crippen LogP contribution in [0.3, 0.4) is 0 Å².